The average molecular weight is 342 g/mol. The molecule has 2 rings (SSSR count). The van der Waals surface area contributed by atoms with Crippen molar-refractivity contribution >= 4 is 13.3 Å². The third-order valence-electron chi connectivity index (χ3n) is 3.89. The molecular weight excluding hydrogens is 322 g/mol. The number of aryl methyl sites for hydroxylation is 2. The van der Waals surface area contributed by atoms with Gasteiger partial charge in [-0.3, -0.25) is 0 Å². The zero-order valence-electron chi connectivity index (χ0n) is 13.8. The van der Waals surface area contributed by atoms with Gasteiger partial charge >= 0.3 is 6.18 Å². The molecule has 0 aliphatic carbocycles. The topological polar surface area (TPSA) is 3.88 Å². The van der Waals surface area contributed by atoms with Crippen molar-refractivity contribution in [1.29, 1.82) is 0 Å². The zero-order valence-corrected chi connectivity index (χ0v) is 14.8. The summed E-state index contributed by atoms with van der Waals surface area (Å²) < 4.78 is 54.1. The van der Waals surface area contributed by atoms with Gasteiger partial charge in [0, 0.05) is 11.3 Å². The standard InChI is InChI=1S/C17H20F4NSi/c1-11-8-14(17(19,20)21)15(18)9-13(11)16-7-6-12(10-22(16)2)23(3,4)5/h6-10H,1-5H3/q+1. The van der Waals surface area contributed by atoms with Crippen LogP contribution >= 0.6 is 0 Å². The third-order valence-corrected chi connectivity index (χ3v) is 5.92. The lowest BCUT2D eigenvalue weighted by Gasteiger charge is -2.16. The number of alkyl halides is 3. The van der Waals surface area contributed by atoms with E-state index in [2.05, 4.69) is 19.6 Å². The second-order valence-electron chi connectivity index (χ2n) is 6.81. The maximum Gasteiger partial charge on any atom is 0.419 e. The molecule has 124 valence electrons. The lowest BCUT2D eigenvalue weighted by atomic mass is 10.0. The number of rotatable bonds is 2. The predicted octanol–water partition coefficient (Wildman–Crippen LogP) is 4.19. The summed E-state index contributed by atoms with van der Waals surface area (Å²) in [6.07, 6.45) is -2.70. The van der Waals surface area contributed by atoms with E-state index >= 15 is 0 Å². The van der Waals surface area contributed by atoms with Gasteiger partial charge in [0.25, 0.3) is 0 Å². The third kappa shape index (κ3) is 3.63. The second-order valence-corrected chi connectivity index (χ2v) is 11.9. The molecule has 1 nitrogen and oxygen atoms in total. The molecule has 1 aromatic heterocycles. The molecule has 0 N–H and O–H groups in total. The molecule has 0 aliphatic heterocycles. The van der Waals surface area contributed by atoms with Crippen LogP contribution in [0, 0.1) is 12.7 Å². The summed E-state index contributed by atoms with van der Waals surface area (Å²) in [5, 5.41) is 1.23. The lowest BCUT2D eigenvalue weighted by molar-refractivity contribution is -0.659. The average Bonchev–Trinajstić information content (AvgIpc) is 2.39. The van der Waals surface area contributed by atoms with Gasteiger partial charge < -0.3 is 0 Å². The molecule has 6 heteroatoms. The molecule has 0 spiro atoms. The smallest absolute Gasteiger partial charge is 0.206 e. The van der Waals surface area contributed by atoms with Crippen molar-refractivity contribution in [1.82, 2.24) is 0 Å². The van der Waals surface area contributed by atoms with Crippen LogP contribution in [0.25, 0.3) is 11.3 Å². The monoisotopic (exact) mass is 342 g/mol. The predicted molar refractivity (Wildman–Crippen MR) is 85.7 cm³/mol. The van der Waals surface area contributed by atoms with E-state index in [-0.39, 0.29) is 0 Å². The summed E-state index contributed by atoms with van der Waals surface area (Å²) in [6, 6.07) is 5.68. The van der Waals surface area contributed by atoms with Crippen molar-refractivity contribution in [3.8, 4) is 11.3 Å². The minimum atomic E-state index is -4.68. The molecule has 0 atom stereocenters. The van der Waals surface area contributed by atoms with Gasteiger partial charge in [-0.25, -0.2) is 8.96 Å². The van der Waals surface area contributed by atoms with Crippen LogP contribution in [0.1, 0.15) is 11.1 Å². The highest BCUT2D eigenvalue weighted by molar-refractivity contribution is 6.88. The molecule has 1 aromatic carbocycles. The molecule has 0 unspecified atom stereocenters. The quantitative estimate of drug-likeness (QED) is 0.438. The molecule has 1 heterocycles. The Morgan fingerprint density at radius 2 is 1.65 bits per heavy atom. The van der Waals surface area contributed by atoms with Gasteiger partial charge in [0.15, 0.2) is 6.20 Å². The highest BCUT2D eigenvalue weighted by Crippen LogP contribution is 2.34. The Morgan fingerprint density at radius 3 is 2.13 bits per heavy atom. The number of aromatic nitrogens is 1. The van der Waals surface area contributed by atoms with Crippen molar-refractivity contribution in [2.75, 3.05) is 0 Å². The van der Waals surface area contributed by atoms with Crippen molar-refractivity contribution in [2.45, 2.75) is 32.7 Å². The van der Waals surface area contributed by atoms with Crippen LogP contribution in [0.4, 0.5) is 17.6 Å². The number of nitrogens with zero attached hydrogens (tertiary/aromatic N) is 1. The number of hydrogen-bond acceptors (Lipinski definition) is 0. The largest absolute Gasteiger partial charge is 0.419 e. The summed E-state index contributed by atoms with van der Waals surface area (Å²) in [5.74, 6) is -1.24. The highest BCUT2D eigenvalue weighted by Gasteiger charge is 2.35. The molecule has 0 fully saturated rings. The van der Waals surface area contributed by atoms with Gasteiger partial charge in [-0.15, -0.1) is 0 Å². The van der Waals surface area contributed by atoms with Crippen LogP contribution in [0.3, 0.4) is 0 Å². The molecule has 0 amide bonds. The zero-order chi connectivity index (χ0) is 17.6. The Labute approximate surface area is 134 Å². The van der Waals surface area contributed by atoms with E-state index in [1.54, 1.807) is 6.92 Å². The van der Waals surface area contributed by atoms with Gasteiger partial charge in [-0.1, -0.05) is 25.7 Å². The maximum absolute atomic E-state index is 13.9. The first-order valence-corrected chi connectivity index (χ1v) is 10.8. The van der Waals surface area contributed by atoms with Crippen molar-refractivity contribution < 1.29 is 22.1 Å². The van der Waals surface area contributed by atoms with E-state index in [0.717, 1.165) is 12.1 Å². The summed E-state index contributed by atoms with van der Waals surface area (Å²) in [6.45, 7) is 8.21. The van der Waals surface area contributed by atoms with E-state index in [1.165, 1.54) is 5.19 Å². The first-order chi connectivity index (χ1) is 10.4. The molecule has 0 saturated carbocycles. The number of pyridine rings is 1. The van der Waals surface area contributed by atoms with Gasteiger partial charge in [0.05, 0.1) is 19.2 Å². The van der Waals surface area contributed by atoms with Crippen LogP contribution in [0.5, 0.6) is 0 Å². The minimum absolute atomic E-state index is 0.398. The van der Waals surface area contributed by atoms with E-state index in [4.69, 9.17) is 0 Å². The van der Waals surface area contributed by atoms with Crippen LogP contribution in [0.15, 0.2) is 30.5 Å². The highest BCUT2D eigenvalue weighted by atomic mass is 28.3. The Morgan fingerprint density at radius 1 is 1.04 bits per heavy atom. The first kappa shape index (κ1) is 17.7. The van der Waals surface area contributed by atoms with E-state index in [1.807, 2.05) is 29.9 Å². The first-order valence-electron chi connectivity index (χ1n) is 7.29. The van der Waals surface area contributed by atoms with Crippen molar-refractivity contribution in [2.24, 2.45) is 7.05 Å². The summed E-state index contributed by atoms with van der Waals surface area (Å²) in [4.78, 5) is 0. The summed E-state index contributed by atoms with van der Waals surface area (Å²) in [5.41, 5.74) is 0.340. The van der Waals surface area contributed by atoms with E-state index in [9.17, 15) is 17.6 Å². The Hall–Kier alpha value is -1.69. The molecule has 0 aliphatic rings. The molecule has 2 aromatic rings. The normalized spacial score (nSPS) is 12.6. The fourth-order valence-electron chi connectivity index (χ4n) is 2.51. The number of halogens is 4. The molecule has 0 bridgehead atoms. The van der Waals surface area contributed by atoms with Gasteiger partial charge in [-0.05, 0) is 24.6 Å². The molecular formula is C17H20F4NSi+. The Kier molecular flexibility index (Phi) is 4.41. The fourth-order valence-corrected chi connectivity index (χ4v) is 3.67. The fraction of sp³-hybridized carbons (Fsp3) is 0.353. The van der Waals surface area contributed by atoms with Gasteiger partial charge in [0.1, 0.15) is 12.9 Å². The van der Waals surface area contributed by atoms with Crippen LogP contribution in [-0.2, 0) is 13.2 Å². The Balaban J connectivity index is 2.58. The second kappa shape index (κ2) is 5.74. The van der Waals surface area contributed by atoms with Crippen LogP contribution < -0.4 is 9.75 Å². The SMILES string of the molecule is Cc1cc(C(F)(F)F)c(F)cc1-c1ccc([Si](C)(C)C)c[n+]1C. The van der Waals surface area contributed by atoms with Crippen LogP contribution in [-0.4, -0.2) is 8.07 Å². The van der Waals surface area contributed by atoms with Gasteiger partial charge in [0.2, 0.25) is 5.69 Å². The molecule has 23 heavy (non-hydrogen) atoms. The summed E-state index contributed by atoms with van der Waals surface area (Å²) >= 11 is 0. The van der Waals surface area contributed by atoms with Gasteiger partial charge in [-0.2, -0.15) is 13.2 Å². The van der Waals surface area contributed by atoms with Crippen molar-refractivity contribution in [3.63, 3.8) is 0 Å². The molecule has 0 radical (unpaired) electrons. The van der Waals surface area contributed by atoms with Crippen molar-refractivity contribution in [3.05, 3.63) is 47.4 Å². The number of benzene rings is 1. The molecule has 0 saturated heterocycles. The minimum Gasteiger partial charge on any atom is -0.206 e. The summed E-state index contributed by atoms with van der Waals surface area (Å²) in [7, 11) is 0.337. The maximum atomic E-state index is 13.9. The Bertz CT molecular complexity index is 745. The number of hydrogen-bond donors (Lipinski definition) is 0. The lowest BCUT2D eigenvalue weighted by Crippen LogP contribution is -2.45. The van der Waals surface area contributed by atoms with E-state index < -0.39 is 25.6 Å². The van der Waals surface area contributed by atoms with E-state index in [0.29, 0.717) is 16.8 Å². The van der Waals surface area contributed by atoms with Crippen LogP contribution in [0.2, 0.25) is 19.6 Å².